The summed E-state index contributed by atoms with van der Waals surface area (Å²) in [5.74, 6) is 0.621. The minimum atomic E-state index is -0.505. The van der Waals surface area contributed by atoms with E-state index >= 15 is 0 Å². The number of amides is 1. The van der Waals surface area contributed by atoms with E-state index in [1.54, 1.807) is 30.3 Å². The largest absolute Gasteiger partial charge is 0.457 e. The molecule has 0 saturated carbocycles. The molecule has 0 unspecified atom stereocenters. The second-order valence-corrected chi connectivity index (χ2v) is 4.73. The van der Waals surface area contributed by atoms with Crippen LogP contribution in [0.3, 0.4) is 0 Å². The minimum absolute atomic E-state index is 0.100. The van der Waals surface area contributed by atoms with Crippen molar-refractivity contribution in [3.05, 3.63) is 58.1 Å². The summed E-state index contributed by atoms with van der Waals surface area (Å²) in [5.41, 5.74) is 6.30. The third-order valence-electron chi connectivity index (χ3n) is 2.58. The topological polar surface area (TPSA) is 72.6 Å². The first-order valence-corrected chi connectivity index (χ1v) is 6.37. The summed E-state index contributed by atoms with van der Waals surface area (Å²) in [4.78, 5) is 11.1. The number of para-hydroxylation sites is 1. The molecule has 0 radical (unpaired) electrons. The standard InChI is InChI=1S/C14H12BrNO3/c15-12-7-10(5-6-11(12)14(16)18)19-13-4-2-1-3-9(13)8-17/h1-7,17H,8H2,(H2,16,18). The smallest absolute Gasteiger partial charge is 0.249 e. The Kier molecular flexibility index (Phi) is 4.19. The Balaban J connectivity index is 2.29. The lowest BCUT2D eigenvalue weighted by Crippen LogP contribution is -2.11. The van der Waals surface area contributed by atoms with Gasteiger partial charge in [-0.15, -0.1) is 0 Å². The molecule has 98 valence electrons. The molecular formula is C14H12BrNO3. The first-order chi connectivity index (χ1) is 9.11. The summed E-state index contributed by atoms with van der Waals surface area (Å²) in [7, 11) is 0. The van der Waals surface area contributed by atoms with Gasteiger partial charge in [0.25, 0.3) is 0 Å². The fourth-order valence-corrected chi connectivity index (χ4v) is 2.17. The summed E-state index contributed by atoms with van der Waals surface area (Å²) in [6.07, 6.45) is 0. The van der Waals surface area contributed by atoms with Crippen molar-refractivity contribution in [1.82, 2.24) is 0 Å². The summed E-state index contributed by atoms with van der Waals surface area (Å²) >= 11 is 3.27. The Hall–Kier alpha value is -1.85. The molecule has 0 aliphatic carbocycles. The minimum Gasteiger partial charge on any atom is -0.457 e. The zero-order valence-corrected chi connectivity index (χ0v) is 11.6. The van der Waals surface area contributed by atoms with Gasteiger partial charge in [0, 0.05) is 10.0 Å². The molecule has 5 heteroatoms. The van der Waals surface area contributed by atoms with Crippen molar-refractivity contribution in [1.29, 1.82) is 0 Å². The van der Waals surface area contributed by atoms with Crippen molar-refractivity contribution in [3.63, 3.8) is 0 Å². The highest BCUT2D eigenvalue weighted by molar-refractivity contribution is 9.10. The molecule has 3 N–H and O–H groups in total. The number of halogens is 1. The number of aliphatic hydroxyl groups excluding tert-OH is 1. The van der Waals surface area contributed by atoms with Gasteiger partial charge in [0.2, 0.25) is 5.91 Å². The molecule has 19 heavy (non-hydrogen) atoms. The van der Waals surface area contributed by atoms with Crippen LogP contribution < -0.4 is 10.5 Å². The SMILES string of the molecule is NC(=O)c1ccc(Oc2ccccc2CO)cc1Br. The van der Waals surface area contributed by atoms with Crippen LogP contribution in [0.4, 0.5) is 0 Å². The molecule has 0 spiro atoms. The van der Waals surface area contributed by atoms with E-state index in [9.17, 15) is 9.90 Å². The van der Waals surface area contributed by atoms with E-state index in [1.165, 1.54) is 0 Å². The number of nitrogens with two attached hydrogens (primary N) is 1. The fourth-order valence-electron chi connectivity index (χ4n) is 1.62. The van der Waals surface area contributed by atoms with Crippen LogP contribution in [0.5, 0.6) is 11.5 Å². The van der Waals surface area contributed by atoms with E-state index in [2.05, 4.69) is 15.9 Å². The van der Waals surface area contributed by atoms with Gasteiger partial charge >= 0.3 is 0 Å². The highest BCUT2D eigenvalue weighted by Gasteiger charge is 2.09. The lowest BCUT2D eigenvalue weighted by atomic mass is 10.2. The van der Waals surface area contributed by atoms with Gasteiger partial charge in [0.15, 0.2) is 0 Å². The third-order valence-corrected chi connectivity index (χ3v) is 3.23. The van der Waals surface area contributed by atoms with Crippen LogP contribution in [-0.2, 0) is 6.61 Å². The van der Waals surface area contributed by atoms with Gasteiger partial charge in [-0.25, -0.2) is 0 Å². The zero-order chi connectivity index (χ0) is 13.8. The van der Waals surface area contributed by atoms with E-state index in [0.717, 1.165) is 0 Å². The molecule has 1 amide bonds. The van der Waals surface area contributed by atoms with Gasteiger partial charge in [0.1, 0.15) is 11.5 Å². The Labute approximate surface area is 118 Å². The molecule has 2 rings (SSSR count). The van der Waals surface area contributed by atoms with Gasteiger partial charge in [-0.1, -0.05) is 18.2 Å². The average Bonchev–Trinajstić information content (AvgIpc) is 2.39. The quantitative estimate of drug-likeness (QED) is 0.909. The molecule has 0 aliphatic rings. The maximum absolute atomic E-state index is 11.1. The van der Waals surface area contributed by atoms with Gasteiger partial charge in [-0.3, -0.25) is 4.79 Å². The normalized spacial score (nSPS) is 10.2. The molecule has 0 saturated heterocycles. The van der Waals surface area contributed by atoms with Gasteiger partial charge in [-0.05, 0) is 40.2 Å². The zero-order valence-electron chi connectivity index (χ0n) is 9.97. The van der Waals surface area contributed by atoms with E-state index in [1.807, 2.05) is 12.1 Å². The Morgan fingerprint density at radius 2 is 2.00 bits per heavy atom. The van der Waals surface area contributed by atoms with Crippen LogP contribution in [0.15, 0.2) is 46.9 Å². The van der Waals surface area contributed by atoms with E-state index in [-0.39, 0.29) is 6.61 Å². The fraction of sp³-hybridized carbons (Fsp3) is 0.0714. The second kappa shape index (κ2) is 5.86. The lowest BCUT2D eigenvalue weighted by Gasteiger charge is -2.10. The van der Waals surface area contributed by atoms with Crippen LogP contribution in [0.1, 0.15) is 15.9 Å². The number of hydrogen-bond donors (Lipinski definition) is 2. The van der Waals surface area contributed by atoms with Crippen molar-refractivity contribution in [3.8, 4) is 11.5 Å². The average molecular weight is 322 g/mol. The van der Waals surface area contributed by atoms with Crippen LogP contribution in [-0.4, -0.2) is 11.0 Å². The first kappa shape index (κ1) is 13.6. The second-order valence-electron chi connectivity index (χ2n) is 3.87. The maximum Gasteiger partial charge on any atom is 0.249 e. The number of carbonyl (C=O) groups is 1. The maximum atomic E-state index is 11.1. The molecule has 0 aliphatic heterocycles. The number of carbonyl (C=O) groups excluding carboxylic acids is 1. The summed E-state index contributed by atoms with van der Waals surface area (Å²) in [6, 6.07) is 12.1. The van der Waals surface area contributed by atoms with Crippen LogP contribution in [0.25, 0.3) is 0 Å². The van der Waals surface area contributed by atoms with Gasteiger partial charge in [0.05, 0.1) is 12.2 Å². The molecule has 2 aromatic carbocycles. The van der Waals surface area contributed by atoms with Crippen LogP contribution in [0, 0.1) is 0 Å². The van der Waals surface area contributed by atoms with Gasteiger partial charge in [-0.2, -0.15) is 0 Å². The van der Waals surface area contributed by atoms with E-state index < -0.39 is 5.91 Å². The lowest BCUT2D eigenvalue weighted by molar-refractivity contribution is 0.0999. The number of primary amides is 1. The predicted molar refractivity (Wildman–Crippen MR) is 75.1 cm³/mol. The molecule has 0 heterocycles. The van der Waals surface area contributed by atoms with Crippen molar-refractivity contribution in [2.24, 2.45) is 5.73 Å². The monoisotopic (exact) mass is 321 g/mol. The van der Waals surface area contributed by atoms with Crippen molar-refractivity contribution in [2.75, 3.05) is 0 Å². The molecule has 0 aromatic heterocycles. The highest BCUT2D eigenvalue weighted by atomic mass is 79.9. The Morgan fingerprint density at radius 3 is 2.63 bits per heavy atom. The van der Waals surface area contributed by atoms with Gasteiger partial charge < -0.3 is 15.6 Å². The first-order valence-electron chi connectivity index (χ1n) is 5.58. The Morgan fingerprint density at radius 1 is 1.26 bits per heavy atom. The van der Waals surface area contributed by atoms with E-state index in [0.29, 0.717) is 27.1 Å². The number of rotatable bonds is 4. The molecule has 4 nitrogen and oxygen atoms in total. The summed E-state index contributed by atoms with van der Waals surface area (Å²) < 4.78 is 6.24. The number of aliphatic hydroxyl groups is 1. The number of hydrogen-bond acceptors (Lipinski definition) is 3. The van der Waals surface area contributed by atoms with Crippen molar-refractivity contribution < 1.29 is 14.6 Å². The summed E-state index contributed by atoms with van der Waals surface area (Å²) in [5, 5.41) is 9.22. The van der Waals surface area contributed by atoms with Crippen molar-refractivity contribution >= 4 is 21.8 Å². The third kappa shape index (κ3) is 3.13. The Bertz CT molecular complexity index is 613. The molecule has 0 atom stereocenters. The molecule has 0 fully saturated rings. The molecular weight excluding hydrogens is 310 g/mol. The van der Waals surface area contributed by atoms with Crippen LogP contribution in [0.2, 0.25) is 0 Å². The van der Waals surface area contributed by atoms with E-state index in [4.69, 9.17) is 10.5 Å². The molecule has 0 bridgehead atoms. The number of ether oxygens (including phenoxy) is 1. The van der Waals surface area contributed by atoms with Crippen LogP contribution >= 0.6 is 15.9 Å². The number of benzene rings is 2. The summed E-state index contributed by atoms with van der Waals surface area (Å²) in [6.45, 7) is -0.100. The predicted octanol–water partition coefficient (Wildman–Crippen LogP) is 2.83. The highest BCUT2D eigenvalue weighted by Crippen LogP contribution is 2.29. The van der Waals surface area contributed by atoms with Crippen molar-refractivity contribution in [2.45, 2.75) is 6.61 Å². The molecule has 2 aromatic rings.